The number of anilines is 1. The number of nitrogens with two attached hydrogens (primary N) is 1. The highest BCUT2D eigenvalue weighted by Gasteiger charge is 2.30. The average molecular weight is 353 g/mol. The summed E-state index contributed by atoms with van der Waals surface area (Å²) in [4.78, 5) is 12.4. The number of benzene rings is 1. The number of hydrogen-bond donors (Lipinski definition) is 2. The second kappa shape index (κ2) is 6.39. The monoisotopic (exact) mass is 352 g/mol. The summed E-state index contributed by atoms with van der Waals surface area (Å²) in [5.74, 6) is 0.689. The normalized spacial score (nSPS) is 22.9. The molecule has 4 heteroatoms. The summed E-state index contributed by atoms with van der Waals surface area (Å²) < 4.78 is 0.873. The molecule has 21 heavy (non-hydrogen) atoms. The number of carbonyl (C=O) groups excluding carboxylic acids is 1. The Hall–Kier alpha value is -1.03. The standard InChI is InChI=1S/C17H25BrN2O/c1-17(2,3)11-4-7-13(8-5-11)20-16(21)14-10-12(18)6-9-15(14)19/h6,9-11,13H,4-5,7-8,19H2,1-3H3,(H,20,21). The van der Waals surface area contributed by atoms with E-state index in [2.05, 4.69) is 42.0 Å². The number of rotatable bonds is 2. The van der Waals surface area contributed by atoms with Gasteiger partial charge in [-0.15, -0.1) is 0 Å². The molecule has 0 spiro atoms. The van der Waals surface area contributed by atoms with Crippen LogP contribution in [0.25, 0.3) is 0 Å². The predicted molar refractivity (Wildman–Crippen MR) is 91.2 cm³/mol. The SMILES string of the molecule is CC(C)(C)C1CCC(NC(=O)c2cc(Br)ccc2N)CC1. The smallest absolute Gasteiger partial charge is 0.253 e. The van der Waals surface area contributed by atoms with Crippen LogP contribution in [0.4, 0.5) is 5.69 Å². The molecule has 0 aromatic heterocycles. The van der Waals surface area contributed by atoms with E-state index < -0.39 is 0 Å². The Kier molecular flexibility index (Phi) is 4.97. The lowest BCUT2D eigenvalue weighted by atomic mass is 9.71. The lowest BCUT2D eigenvalue weighted by Gasteiger charge is -2.37. The van der Waals surface area contributed by atoms with Gasteiger partial charge in [0.1, 0.15) is 0 Å². The zero-order valence-electron chi connectivity index (χ0n) is 13.1. The van der Waals surface area contributed by atoms with E-state index in [1.165, 1.54) is 12.8 Å². The Morgan fingerprint density at radius 2 is 1.86 bits per heavy atom. The van der Waals surface area contributed by atoms with Crippen molar-refractivity contribution < 1.29 is 4.79 Å². The fraction of sp³-hybridized carbons (Fsp3) is 0.588. The first-order valence-corrected chi connectivity index (χ1v) is 8.42. The minimum Gasteiger partial charge on any atom is -0.398 e. The van der Waals surface area contributed by atoms with Crippen LogP contribution < -0.4 is 11.1 Å². The summed E-state index contributed by atoms with van der Waals surface area (Å²) in [5, 5.41) is 3.14. The zero-order valence-corrected chi connectivity index (χ0v) is 14.7. The van der Waals surface area contributed by atoms with Crippen molar-refractivity contribution in [2.75, 3.05) is 5.73 Å². The molecule has 1 aliphatic rings. The lowest BCUT2D eigenvalue weighted by molar-refractivity contribution is 0.0905. The summed E-state index contributed by atoms with van der Waals surface area (Å²) in [6.07, 6.45) is 4.48. The van der Waals surface area contributed by atoms with Crippen LogP contribution in [0.15, 0.2) is 22.7 Å². The molecule has 1 aromatic carbocycles. The van der Waals surface area contributed by atoms with E-state index in [1.54, 1.807) is 12.1 Å². The average Bonchev–Trinajstić information content (AvgIpc) is 2.41. The molecule has 0 unspecified atom stereocenters. The van der Waals surface area contributed by atoms with Gasteiger partial charge in [-0.25, -0.2) is 0 Å². The molecule has 0 radical (unpaired) electrons. The van der Waals surface area contributed by atoms with Crippen molar-refractivity contribution in [2.45, 2.75) is 52.5 Å². The predicted octanol–water partition coefficient (Wildman–Crippen LogP) is 4.37. The molecule has 1 amide bonds. The van der Waals surface area contributed by atoms with E-state index in [9.17, 15) is 4.79 Å². The first kappa shape index (κ1) is 16.3. The number of carbonyl (C=O) groups is 1. The molecular weight excluding hydrogens is 328 g/mol. The molecule has 0 bridgehead atoms. The maximum Gasteiger partial charge on any atom is 0.253 e. The van der Waals surface area contributed by atoms with E-state index in [0.29, 0.717) is 16.7 Å². The Bertz CT molecular complexity index is 514. The summed E-state index contributed by atoms with van der Waals surface area (Å²) in [6, 6.07) is 5.66. The molecule has 116 valence electrons. The third-order valence-electron chi connectivity index (χ3n) is 4.55. The quantitative estimate of drug-likeness (QED) is 0.776. The number of halogens is 1. The summed E-state index contributed by atoms with van der Waals surface area (Å²) in [6.45, 7) is 6.91. The molecule has 0 heterocycles. The molecular formula is C17H25BrN2O. The third-order valence-corrected chi connectivity index (χ3v) is 5.04. The largest absolute Gasteiger partial charge is 0.398 e. The Morgan fingerprint density at radius 3 is 2.43 bits per heavy atom. The first-order valence-electron chi connectivity index (χ1n) is 7.63. The Labute approximate surface area is 135 Å². The summed E-state index contributed by atoms with van der Waals surface area (Å²) >= 11 is 3.38. The molecule has 0 aliphatic heterocycles. The molecule has 1 aromatic rings. The minimum absolute atomic E-state index is 0.0620. The van der Waals surface area contributed by atoms with E-state index in [1.807, 2.05) is 6.07 Å². The van der Waals surface area contributed by atoms with Crippen molar-refractivity contribution in [1.82, 2.24) is 5.32 Å². The van der Waals surface area contributed by atoms with E-state index in [4.69, 9.17) is 5.73 Å². The van der Waals surface area contributed by atoms with Gasteiger partial charge >= 0.3 is 0 Å². The zero-order chi connectivity index (χ0) is 15.6. The van der Waals surface area contributed by atoms with Crippen LogP contribution in [0.3, 0.4) is 0 Å². The van der Waals surface area contributed by atoms with Gasteiger partial charge in [-0.2, -0.15) is 0 Å². The molecule has 1 aliphatic carbocycles. The van der Waals surface area contributed by atoms with Crippen LogP contribution in [0, 0.1) is 11.3 Å². The van der Waals surface area contributed by atoms with Gasteiger partial charge in [-0.1, -0.05) is 36.7 Å². The molecule has 1 saturated carbocycles. The van der Waals surface area contributed by atoms with E-state index >= 15 is 0 Å². The van der Waals surface area contributed by atoms with Crippen molar-refractivity contribution >= 4 is 27.5 Å². The summed E-state index contributed by atoms with van der Waals surface area (Å²) in [5.41, 5.74) is 7.34. The summed E-state index contributed by atoms with van der Waals surface area (Å²) in [7, 11) is 0. The van der Waals surface area contributed by atoms with Crippen molar-refractivity contribution in [3.8, 4) is 0 Å². The van der Waals surface area contributed by atoms with Gasteiger partial charge in [0.25, 0.3) is 5.91 Å². The van der Waals surface area contributed by atoms with Gasteiger partial charge in [-0.05, 0) is 55.2 Å². The van der Waals surface area contributed by atoms with E-state index in [-0.39, 0.29) is 11.9 Å². The van der Waals surface area contributed by atoms with Crippen LogP contribution in [-0.2, 0) is 0 Å². The minimum atomic E-state index is -0.0620. The number of nitrogens with one attached hydrogen (secondary N) is 1. The number of hydrogen-bond acceptors (Lipinski definition) is 2. The highest BCUT2D eigenvalue weighted by atomic mass is 79.9. The van der Waals surface area contributed by atoms with Gasteiger partial charge in [0, 0.05) is 16.2 Å². The van der Waals surface area contributed by atoms with Crippen LogP contribution >= 0.6 is 15.9 Å². The highest BCUT2D eigenvalue weighted by molar-refractivity contribution is 9.10. The van der Waals surface area contributed by atoms with Gasteiger partial charge in [0.2, 0.25) is 0 Å². The van der Waals surface area contributed by atoms with Gasteiger partial charge in [0.05, 0.1) is 5.56 Å². The van der Waals surface area contributed by atoms with Crippen LogP contribution in [0.1, 0.15) is 56.8 Å². The maximum atomic E-state index is 12.4. The maximum absolute atomic E-state index is 12.4. The van der Waals surface area contributed by atoms with E-state index in [0.717, 1.165) is 23.2 Å². The topological polar surface area (TPSA) is 55.1 Å². The van der Waals surface area contributed by atoms with Gasteiger partial charge < -0.3 is 11.1 Å². The van der Waals surface area contributed by atoms with Crippen molar-refractivity contribution in [3.63, 3.8) is 0 Å². The van der Waals surface area contributed by atoms with Gasteiger partial charge in [-0.3, -0.25) is 4.79 Å². The number of amides is 1. The van der Waals surface area contributed by atoms with Gasteiger partial charge in [0.15, 0.2) is 0 Å². The van der Waals surface area contributed by atoms with Crippen molar-refractivity contribution in [3.05, 3.63) is 28.2 Å². The van der Waals surface area contributed by atoms with Crippen LogP contribution in [-0.4, -0.2) is 11.9 Å². The molecule has 0 atom stereocenters. The van der Waals surface area contributed by atoms with Crippen LogP contribution in [0.5, 0.6) is 0 Å². The number of nitrogen functional groups attached to an aromatic ring is 1. The molecule has 1 fully saturated rings. The Balaban J connectivity index is 1.94. The highest BCUT2D eigenvalue weighted by Crippen LogP contribution is 2.37. The fourth-order valence-corrected chi connectivity index (χ4v) is 3.45. The first-order chi connectivity index (χ1) is 9.77. The third kappa shape index (κ3) is 4.22. The fourth-order valence-electron chi connectivity index (χ4n) is 3.09. The molecule has 3 N–H and O–H groups in total. The second-order valence-electron chi connectivity index (χ2n) is 7.12. The van der Waals surface area contributed by atoms with Crippen LogP contribution in [0.2, 0.25) is 0 Å². The molecule has 2 rings (SSSR count). The van der Waals surface area contributed by atoms with Crippen molar-refractivity contribution in [2.24, 2.45) is 11.3 Å². The lowest BCUT2D eigenvalue weighted by Crippen LogP contribution is -2.39. The second-order valence-corrected chi connectivity index (χ2v) is 8.04. The molecule has 0 saturated heterocycles. The molecule has 3 nitrogen and oxygen atoms in total. The van der Waals surface area contributed by atoms with Crippen molar-refractivity contribution in [1.29, 1.82) is 0 Å². The Morgan fingerprint density at radius 1 is 1.24 bits per heavy atom.